The lowest BCUT2D eigenvalue weighted by Crippen LogP contribution is -2.29. The van der Waals surface area contributed by atoms with Crippen LogP contribution in [0.4, 0.5) is 5.69 Å². The summed E-state index contributed by atoms with van der Waals surface area (Å²) in [5.41, 5.74) is 7.54. The predicted molar refractivity (Wildman–Crippen MR) is 92.3 cm³/mol. The van der Waals surface area contributed by atoms with E-state index in [0.717, 1.165) is 36.3 Å². The summed E-state index contributed by atoms with van der Waals surface area (Å²) in [5.74, 6) is 2.71. The van der Waals surface area contributed by atoms with Crippen molar-refractivity contribution < 1.29 is 4.79 Å². The van der Waals surface area contributed by atoms with Crippen molar-refractivity contribution in [1.29, 1.82) is 0 Å². The van der Waals surface area contributed by atoms with Crippen molar-refractivity contribution >= 4 is 11.6 Å². The topological polar surface area (TPSA) is 96.7 Å². The van der Waals surface area contributed by atoms with Gasteiger partial charge in [0.1, 0.15) is 5.82 Å². The molecule has 0 bridgehead atoms. The third-order valence-electron chi connectivity index (χ3n) is 5.18. The molecular weight excluding hydrogens is 302 g/mol. The van der Waals surface area contributed by atoms with Gasteiger partial charge in [-0.25, -0.2) is 4.98 Å². The van der Waals surface area contributed by atoms with Crippen LogP contribution >= 0.6 is 0 Å². The summed E-state index contributed by atoms with van der Waals surface area (Å²) in [6, 6.07) is 7.72. The van der Waals surface area contributed by atoms with Gasteiger partial charge in [-0.05, 0) is 62.4 Å². The maximum Gasteiger partial charge on any atom is 0.227 e. The Kier molecular flexibility index (Phi) is 4.06. The molecule has 1 heterocycles. The highest BCUT2D eigenvalue weighted by Gasteiger charge is 2.32. The van der Waals surface area contributed by atoms with Crippen LogP contribution in [-0.4, -0.2) is 27.6 Å². The van der Waals surface area contributed by atoms with E-state index in [2.05, 4.69) is 20.5 Å². The molecule has 2 aliphatic carbocycles. The molecule has 2 saturated carbocycles. The Morgan fingerprint density at radius 2 is 2.00 bits per heavy atom. The van der Waals surface area contributed by atoms with Gasteiger partial charge in [-0.2, -0.15) is 5.10 Å². The number of benzene rings is 1. The normalized spacial score (nSPS) is 23.4. The molecule has 1 amide bonds. The number of carbonyl (C=O) groups is 1. The Hall–Kier alpha value is -2.21. The molecule has 4 rings (SSSR count). The number of nitrogens with two attached hydrogens (primary N) is 1. The van der Waals surface area contributed by atoms with E-state index in [0.29, 0.717) is 24.2 Å². The average Bonchev–Trinajstić information content (AvgIpc) is 3.14. The number of anilines is 1. The highest BCUT2D eigenvalue weighted by molar-refractivity contribution is 5.93. The van der Waals surface area contributed by atoms with E-state index < -0.39 is 0 Å². The largest absolute Gasteiger partial charge is 0.330 e. The molecule has 0 unspecified atom stereocenters. The van der Waals surface area contributed by atoms with E-state index in [1.807, 2.05) is 24.3 Å². The molecule has 2 atom stereocenters. The summed E-state index contributed by atoms with van der Waals surface area (Å²) in [6.07, 6.45) is 5.48. The number of hydrogen-bond acceptors (Lipinski definition) is 4. The molecule has 6 heteroatoms. The van der Waals surface area contributed by atoms with Crippen LogP contribution in [0.15, 0.2) is 24.3 Å². The van der Waals surface area contributed by atoms with Crippen molar-refractivity contribution in [3.8, 4) is 11.4 Å². The highest BCUT2D eigenvalue weighted by Crippen LogP contribution is 2.38. The summed E-state index contributed by atoms with van der Waals surface area (Å²) < 4.78 is 0. The molecule has 0 spiro atoms. The third kappa shape index (κ3) is 3.06. The van der Waals surface area contributed by atoms with Crippen molar-refractivity contribution in [2.24, 2.45) is 17.6 Å². The fourth-order valence-corrected chi connectivity index (χ4v) is 3.54. The minimum absolute atomic E-state index is 0.0452. The van der Waals surface area contributed by atoms with Crippen LogP contribution in [0.1, 0.15) is 43.8 Å². The molecule has 1 aromatic carbocycles. The summed E-state index contributed by atoms with van der Waals surface area (Å²) >= 11 is 0. The van der Waals surface area contributed by atoms with Gasteiger partial charge in [-0.15, -0.1) is 0 Å². The lowest BCUT2D eigenvalue weighted by atomic mass is 9.95. The van der Waals surface area contributed by atoms with Gasteiger partial charge >= 0.3 is 0 Å². The molecule has 24 heavy (non-hydrogen) atoms. The second-order valence-corrected chi connectivity index (χ2v) is 6.92. The molecule has 2 aliphatic rings. The molecule has 1 aromatic heterocycles. The maximum atomic E-state index is 12.4. The van der Waals surface area contributed by atoms with Gasteiger partial charge in [-0.1, -0.05) is 6.42 Å². The second kappa shape index (κ2) is 6.36. The van der Waals surface area contributed by atoms with E-state index in [4.69, 9.17) is 5.73 Å². The second-order valence-electron chi connectivity index (χ2n) is 6.92. The highest BCUT2D eigenvalue weighted by atomic mass is 16.1. The first kappa shape index (κ1) is 15.3. The first-order valence-electron chi connectivity index (χ1n) is 8.78. The predicted octanol–water partition coefficient (Wildman–Crippen LogP) is 2.66. The number of rotatable bonds is 5. The van der Waals surface area contributed by atoms with Crippen molar-refractivity contribution in [2.75, 3.05) is 11.9 Å². The van der Waals surface area contributed by atoms with Gasteiger partial charge in [0.2, 0.25) is 5.91 Å². The zero-order valence-electron chi connectivity index (χ0n) is 13.7. The fraction of sp³-hybridized carbons (Fsp3) is 0.500. The SMILES string of the molecule is NC[C@H]1CCC[C@H]1C(=O)Nc1ccc(-c2n[nH]c(C3CC3)n2)cc1. The van der Waals surface area contributed by atoms with E-state index in [-0.39, 0.29) is 11.8 Å². The molecule has 6 nitrogen and oxygen atoms in total. The Bertz CT molecular complexity index is 719. The van der Waals surface area contributed by atoms with Crippen molar-refractivity contribution in [3.05, 3.63) is 30.1 Å². The average molecular weight is 325 g/mol. The minimum Gasteiger partial charge on any atom is -0.330 e. The Balaban J connectivity index is 1.42. The molecule has 0 aliphatic heterocycles. The number of carbonyl (C=O) groups excluding carboxylic acids is 1. The molecular formula is C18H23N5O. The smallest absolute Gasteiger partial charge is 0.227 e. The minimum atomic E-state index is 0.0452. The number of hydrogen-bond donors (Lipinski definition) is 3. The number of aromatic amines is 1. The standard InChI is InChI=1S/C18H23N5O/c19-10-13-2-1-3-15(13)18(24)20-14-8-6-12(7-9-14)17-21-16(22-23-17)11-4-5-11/h6-9,11,13,15H,1-5,10,19H2,(H,20,24)(H,21,22,23)/t13-,15-/m1/s1. The summed E-state index contributed by atoms with van der Waals surface area (Å²) in [7, 11) is 0. The Labute approximate surface area is 141 Å². The van der Waals surface area contributed by atoms with E-state index in [9.17, 15) is 4.79 Å². The van der Waals surface area contributed by atoms with Crippen LogP contribution in [0, 0.1) is 11.8 Å². The monoisotopic (exact) mass is 325 g/mol. The van der Waals surface area contributed by atoms with Gasteiger partial charge in [0.25, 0.3) is 0 Å². The number of nitrogens with one attached hydrogen (secondary N) is 2. The zero-order valence-corrected chi connectivity index (χ0v) is 13.7. The summed E-state index contributed by atoms with van der Waals surface area (Å²) in [4.78, 5) is 17.0. The first-order valence-corrected chi connectivity index (χ1v) is 8.78. The number of nitrogens with zero attached hydrogens (tertiary/aromatic N) is 2. The molecule has 126 valence electrons. The summed E-state index contributed by atoms with van der Waals surface area (Å²) in [6.45, 7) is 0.588. The molecule has 0 saturated heterocycles. The van der Waals surface area contributed by atoms with Crippen LogP contribution in [0.2, 0.25) is 0 Å². The van der Waals surface area contributed by atoms with Crippen LogP contribution in [-0.2, 0) is 4.79 Å². The van der Waals surface area contributed by atoms with Gasteiger partial charge in [0.05, 0.1) is 0 Å². The molecule has 2 aromatic rings. The van der Waals surface area contributed by atoms with Gasteiger partial charge < -0.3 is 11.1 Å². The quantitative estimate of drug-likeness (QED) is 0.787. The molecule has 0 radical (unpaired) electrons. The van der Waals surface area contributed by atoms with Crippen LogP contribution < -0.4 is 11.1 Å². The lowest BCUT2D eigenvalue weighted by molar-refractivity contribution is -0.120. The number of aromatic nitrogens is 3. The fourth-order valence-electron chi connectivity index (χ4n) is 3.54. The lowest BCUT2D eigenvalue weighted by Gasteiger charge is -2.17. The zero-order chi connectivity index (χ0) is 16.5. The van der Waals surface area contributed by atoms with Gasteiger partial charge in [0, 0.05) is 23.1 Å². The van der Waals surface area contributed by atoms with E-state index in [1.54, 1.807) is 0 Å². The first-order chi connectivity index (χ1) is 11.7. The number of amides is 1. The van der Waals surface area contributed by atoms with Gasteiger partial charge in [0.15, 0.2) is 5.82 Å². The van der Waals surface area contributed by atoms with E-state index in [1.165, 1.54) is 12.8 Å². The van der Waals surface area contributed by atoms with Crippen molar-refractivity contribution in [2.45, 2.75) is 38.0 Å². The maximum absolute atomic E-state index is 12.4. The van der Waals surface area contributed by atoms with Crippen molar-refractivity contribution in [1.82, 2.24) is 15.2 Å². The van der Waals surface area contributed by atoms with Crippen LogP contribution in [0.3, 0.4) is 0 Å². The molecule has 2 fully saturated rings. The van der Waals surface area contributed by atoms with Crippen LogP contribution in [0.25, 0.3) is 11.4 Å². The van der Waals surface area contributed by atoms with Crippen molar-refractivity contribution in [3.63, 3.8) is 0 Å². The third-order valence-corrected chi connectivity index (χ3v) is 5.18. The summed E-state index contributed by atoms with van der Waals surface area (Å²) in [5, 5.41) is 10.3. The van der Waals surface area contributed by atoms with E-state index >= 15 is 0 Å². The number of H-pyrrole nitrogens is 1. The Morgan fingerprint density at radius 1 is 1.21 bits per heavy atom. The van der Waals surface area contributed by atoms with Crippen LogP contribution in [0.5, 0.6) is 0 Å². The Morgan fingerprint density at radius 3 is 2.71 bits per heavy atom. The van der Waals surface area contributed by atoms with Gasteiger partial charge in [-0.3, -0.25) is 9.89 Å². The molecule has 4 N–H and O–H groups in total.